The highest BCUT2D eigenvalue weighted by molar-refractivity contribution is 4.87. The Hall–Kier alpha value is -0.0800. The van der Waals surface area contributed by atoms with Crippen molar-refractivity contribution < 1.29 is 0 Å². The van der Waals surface area contributed by atoms with E-state index in [-0.39, 0.29) is 0 Å². The molecule has 1 fully saturated rings. The van der Waals surface area contributed by atoms with E-state index in [1.165, 1.54) is 45.2 Å². The maximum Gasteiger partial charge on any atom is -0.00164 e. The predicted octanol–water partition coefficient (Wildman–Crippen LogP) is 2.48. The number of likely N-dealkylation sites (tertiary alicyclic amines) is 1. The minimum Gasteiger partial charge on any atom is -0.330 e. The van der Waals surface area contributed by atoms with Gasteiger partial charge in [0.15, 0.2) is 0 Å². The first-order chi connectivity index (χ1) is 7.14. The third kappa shape index (κ3) is 3.18. The number of nitrogens with zero attached hydrogens (tertiary/aromatic N) is 1. The predicted molar refractivity (Wildman–Crippen MR) is 66.9 cm³/mol. The van der Waals surface area contributed by atoms with Crippen LogP contribution < -0.4 is 5.73 Å². The van der Waals surface area contributed by atoms with Crippen molar-refractivity contribution >= 4 is 0 Å². The van der Waals surface area contributed by atoms with E-state index in [4.69, 9.17) is 5.73 Å². The standard InChI is InChI=1S/C13H28N2/c1-4-12(2)13(7-9-14)6-5-10-15(3)11-8-13/h12H,4-11,14H2,1-3H3. The van der Waals surface area contributed by atoms with Gasteiger partial charge in [0.25, 0.3) is 0 Å². The van der Waals surface area contributed by atoms with Gasteiger partial charge in [-0.1, -0.05) is 20.3 Å². The second kappa shape index (κ2) is 5.86. The summed E-state index contributed by atoms with van der Waals surface area (Å²) in [6.07, 6.45) is 6.58. The maximum atomic E-state index is 5.81. The van der Waals surface area contributed by atoms with Gasteiger partial charge in [-0.3, -0.25) is 0 Å². The Kier molecular flexibility index (Phi) is 5.07. The lowest BCUT2D eigenvalue weighted by molar-refractivity contribution is 0.129. The van der Waals surface area contributed by atoms with E-state index in [2.05, 4.69) is 25.8 Å². The molecular formula is C13H28N2. The average molecular weight is 212 g/mol. The highest BCUT2D eigenvalue weighted by Crippen LogP contribution is 2.42. The summed E-state index contributed by atoms with van der Waals surface area (Å²) in [5.74, 6) is 0.826. The Morgan fingerprint density at radius 2 is 2.07 bits per heavy atom. The van der Waals surface area contributed by atoms with Gasteiger partial charge in [-0.2, -0.15) is 0 Å². The van der Waals surface area contributed by atoms with Gasteiger partial charge >= 0.3 is 0 Å². The molecule has 0 amide bonds. The van der Waals surface area contributed by atoms with Crippen LogP contribution in [-0.2, 0) is 0 Å². The number of hydrogen-bond donors (Lipinski definition) is 1. The summed E-state index contributed by atoms with van der Waals surface area (Å²) in [5.41, 5.74) is 6.35. The van der Waals surface area contributed by atoms with Gasteiger partial charge in [-0.05, 0) is 63.7 Å². The summed E-state index contributed by atoms with van der Waals surface area (Å²) in [6, 6.07) is 0. The van der Waals surface area contributed by atoms with Gasteiger partial charge in [0, 0.05) is 0 Å². The van der Waals surface area contributed by atoms with Crippen molar-refractivity contribution in [1.29, 1.82) is 0 Å². The minimum atomic E-state index is 0.536. The van der Waals surface area contributed by atoms with E-state index < -0.39 is 0 Å². The van der Waals surface area contributed by atoms with Crippen LogP contribution in [0.25, 0.3) is 0 Å². The maximum absolute atomic E-state index is 5.81. The van der Waals surface area contributed by atoms with Crippen molar-refractivity contribution in [3.63, 3.8) is 0 Å². The molecule has 0 aromatic carbocycles. The van der Waals surface area contributed by atoms with E-state index in [1.807, 2.05) is 0 Å². The van der Waals surface area contributed by atoms with Gasteiger partial charge in [-0.25, -0.2) is 0 Å². The average Bonchev–Trinajstić information content (AvgIpc) is 2.42. The van der Waals surface area contributed by atoms with Crippen LogP contribution in [0.5, 0.6) is 0 Å². The first kappa shape index (κ1) is 13.0. The molecule has 1 heterocycles. The summed E-state index contributed by atoms with van der Waals surface area (Å²) in [4.78, 5) is 2.47. The Bertz CT molecular complexity index is 181. The molecule has 2 heteroatoms. The summed E-state index contributed by atoms with van der Waals surface area (Å²) in [5, 5.41) is 0. The zero-order valence-electron chi connectivity index (χ0n) is 10.8. The van der Waals surface area contributed by atoms with E-state index in [0.717, 1.165) is 12.5 Å². The van der Waals surface area contributed by atoms with Gasteiger partial charge in [0.2, 0.25) is 0 Å². The molecule has 2 unspecified atom stereocenters. The summed E-state index contributed by atoms with van der Waals surface area (Å²) < 4.78 is 0. The smallest absolute Gasteiger partial charge is 0.00164 e. The van der Waals surface area contributed by atoms with Crippen LogP contribution in [-0.4, -0.2) is 31.6 Å². The monoisotopic (exact) mass is 212 g/mol. The second-order valence-corrected chi connectivity index (χ2v) is 5.37. The highest BCUT2D eigenvalue weighted by atomic mass is 15.1. The lowest BCUT2D eigenvalue weighted by atomic mass is 9.68. The quantitative estimate of drug-likeness (QED) is 0.776. The Balaban J connectivity index is 2.70. The fourth-order valence-electron chi connectivity index (χ4n) is 3.06. The largest absolute Gasteiger partial charge is 0.330 e. The topological polar surface area (TPSA) is 29.3 Å². The molecule has 2 N–H and O–H groups in total. The molecular weight excluding hydrogens is 184 g/mol. The molecule has 15 heavy (non-hydrogen) atoms. The molecule has 1 rings (SSSR count). The summed E-state index contributed by atoms with van der Waals surface area (Å²) in [6.45, 7) is 8.11. The molecule has 0 aromatic heterocycles. The third-order valence-electron chi connectivity index (χ3n) is 4.51. The zero-order chi connectivity index (χ0) is 11.3. The lowest BCUT2D eigenvalue weighted by Gasteiger charge is -2.38. The second-order valence-electron chi connectivity index (χ2n) is 5.37. The lowest BCUT2D eigenvalue weighted by Crippen LogP contribution is -2.32. The van der Waals surface area contributed by atoms with Crippen molar-refractivity contribution in [3.05, 3.63) is 0 Å². The molecule has 0 radical (unpaired) electrons. The van der Waals surface area contributed by atoms with Crippen LogP contribution in [0.3, 0.4) is 0 Å². The van der Waals surface area contributed by atoms with Crippen LogP contribution >= 0.6 is 0 Å². The van der Waals surface area contributed by atoms with Crippen molar-refractivity contribution in [3.8, 4) is 0 Å². The molecule has 1 saturated heterocycles. The molecule has 0 bridgehead atoms. The van der Waals surface area contributed by atoms with Crippen LogP contribution in [0.15, 0.2) is 0 Å². The Morgan fingerprint density at radius 1 is 1.33 bits per heavy atom. The molecule has 1 aliphatic heterocycles. The third-order valence-corrected chi connectivity index (χ3v) is 4.51. The van der Waals surface area contributed by atoms with Gasteiger partial charge in [0.05, 0.1) is 0 Å². The molecule has 0 spiro atoms. The summed E-state index contributed by atoms with van der Waals surface area (Å²) >= 11 is 0. The van der Waals surface area contributed by atoms with E-state index in [1.54, 1.807) is 0 Å². The van der Waals surface area contributed by atoms with Gasteiger partial charge in [-0.15, -0.1) is 0 Å². The van der Waals surface area contributed by atoms with Crippen LogP contribution in [0, 0.1) is 11.3 Å². The van der Waals surface area contributed by atoms with E-state index in [0.29, 0.717) is 5.41 Å². The molecule has 90 valence electrons. The molecule has 0 aromatic rings. The molecule has 2 atom stereocenters. The van der Waals surface area contributed by atoms with E-state index >= 15 is 0 Å². The van der Waals surface area contributed by atoms with Crippen LogP contribution in [0.1, 0.15) is 46.0 Å². The van der Waals surface area contributed by atoms with Gasteiger partial charge < -0.3 is 10.6 Å². The summed E-state index contributed by atoms with van der Waals surface area (Å²) in [7, 11) is 2.25. The fourth-order valence-corrected chi connectivity index (χ4v) is 3.06. The molecule has 1 aliphatic rings. The minimum absolute atomic E-state index is 0.536. The number of rotatable bonds is 4. The number of nitrogens with two attached hydrogens (primary N) is 1. The van der Waals surface area contributed by atoms with Crippen molar-refractivity contribution in [2.45, 2.75) is 46.0 Å². The Morgan fingerprint density at radius 3 is 2.67 bits per heavy atom. The van der Waals surface area contributed by atoms with Crippen molar-refractivity contribution in [2.75, 3.05) is 26.7 Å². The van der Waals surface area contributed by atoms with Crippen molar-refractivity contribution in [1.82, 2.24) is 4.90 Å². The molecule has 0 aliphatic carbocycles. The first-order valence-electron chi connectivity index (χ1n) is 6.53. The Labute approximate surface area is 95.2 Å². The highest BCUT2D eigenvalue weighted by Gasteiger charge is 2.35. The van der Waals surface area contributed by atoms with Crippen LogP contribution in [0.4, 0.5) is 0 Å². The zero-order valence-corrected chi connectivity index (χ0v) is 10.8. The molecule has 0 saturated carbocycles. The van der Waals surface area contributed by atoms with E-state index in [9.17, 15) is 0 Å². The first-order valence-corrected chi connectivity index (χ1v) is 6.53. The van der Waals surface area contributed by atoms with Gasteiger partial charge in [0.1, 0.15) is 0 Å². The fraction of sp³-hybridized carbons (Fsp3) is 1.00. The van der Waals surface area contributed by atoms with Crippen LogP contribution in [0.2, 0.25) is 0 Å². The SMILES string of the molecule is CCC(C)C1(CCN)CCCN(C)CC1. The normalized spacial score (nSPS) is 31.2. The number of hydrogen-bond acceptors (Lipinski definition) is 2. The molecule has 2 nitrogen and oxygen atoms in total. The van der Waals surface area contributed by atoms with Crippen molar-refractivity contribution in [2.24, 2.45) is 17.1 Å².